The summed E-state index contributed by atoms with van der Waals surface area (Å²) in [6.07, 6.45) is 0.821. The number of aromatic nitrogens is 2. The number of hydrogen-bond acceptors (Lipinski definition) is 4. The lowest BCUT2D eigenvalue weighted by molar-refractivity contribution is 0.345. The van der Waals surface area contributed by atoms with Crippen LogP contribution in [0.1, 0.15) is 13.3 Å². The van der Waals surface area contributed by atoms with E-state index in [1.54, 1.807) is 0 Å². The van der Waals surface area contributed by atoms with E-state index in [2.05, 4.69) is 21.2 Å². The minimum absolute atomic E-state index is 0.319. The van der Waals surface area contributed by atoms with Crippen LogP contribution in [0.15, 0.2) is 24.3 Å². The normalized spacial score (nSPS) is 9.67. The van der Waals surface area contributed by atoms with E-state index in [-0.39, 0.29) is 0 Å². The van der Waals surface area contributed by atoms with Crippen LogP contribution in [0.5, 0.6) is 6.01 Å². The zero-order valence-corrected chi connectivity index (χ0v) is 11.4. The van der Waals surface area contributed by atoms with Gasteiger partial charge in [-0.2, -0.15) is 4.98 Å². The lowest BCUT2D eigenvalue weighted by Crippen LogP contribution is -1.95. The fourth-order valence-corrected chi connectivity index (χ4v) is 2.08. The van der Waals surface area contributed by atoms with Gasteiger partial charge in [0.2, 0.25) is 0 Å². The molecule has 0 atom stereocenters. The maximum atomic E-state index is 5.93. The zero-order chi connectivity index (χ0) is 12.8. The van der Waals surface area contributed by atoms with Gasteiger partial charge in [0.25, 0.3) is 0 Å². The molecule has 0 saturated heterocycles. The van der Waals surface area contributed by atoms with Crippen molar-refractivity contribution in [1.29, 1.82) is 0 Å². The quantitative estimate of drug-likeness (QED) is 0.804. The molecular weight excluding hydrogens is 268 g/mol. The second-order valence-corrected chi connectivity index (χ2v) is 4.58. The highest BCUT2D eigenvalue weighted by molar-refractivity contribution is 7.09. The topological polar surface area (TPSA) is 35.0 Å². The molecule has 0 unspecified atom stereocenters. The van der Waals surface area contributed by atoms with E-state index < -0.39 is 0 Å². The van der Waals surface area contributed by atoms with Crippen LogP contribution in [0.25, 0.3) is 10.6 Å². The van der Waals surface area contributed by atoms with Gasteiger partial charge in [0, 0.05) is 17.0 Å². The van der Waals surface area contributed by atoms with Crippen LogP contribution in [0.2, 0.25) is 5.02 Å². The summed E-state index contributed by atoms with van der Waals surface area (Å²) in [6, 6.07) is 7.85. The molecule has 2 rings (SSSR count). The van der Waals surface area contributed by atoms with Crippen LogP contribution in [0, 0.1) is 11.8 Å². The lowest BCUT2D eigenvalue weighted by atomic mass is 10.2. The Morgan fingerprint density at radius 3 is 3.06 bits per heavy atom. The number of benzene rings is 1. The maximum absolute atomic E-state index is 5.93. The molecule has 0 spiro atoms. The second kappa shape index (κ2) is 6.39. The molecule has 0 saturated carbocycles. The highest BCUT2D eigenvalue weighted by Gasteiger charge is 2.07. The number of nitrogens with zero attached hydrogens (tertiary/aromatic N) is 2. The molecule has 1 aromatic carbocycles. The molecule has 0 radical (unpaired) electrons. The Bertz CT molecular complexity index is 586. The fraction of sp³-hybridized carbons (Fsp3) is 0.231. The first-order chi connectivity index (χ1) is 8.79. The molecule has 5 heteroatoms. The molecule has 0 N–H and O–H groups in total. The van der Waals surface area contributed by atoms with Gasteiger partial charge in [-0.3, -0.25) is 0 Å². The van der Waals surface area contributed by atoms with Gasteiger partial charge in [-0.1, -0.05) is 36.6 Å². The van der Waals surface area contributed by atoms with Crippen molar-refractivity contribution < 1.29 is 4.74 Å². The van der Waals surface area contributed by atoms with Crippen LogP contribution in [-0.4, -0.2) is 16.0 Å². The second-order valence-electron chi connectivity index (χ2n) is 3.39. The molecule has 0 bridgehead atoms. The van der Waals surface area contributed by atoms with Gasteiger partial charge in [0.1, 0.15) is 5.01 Å². The Morgan fingerprint density at radius 1 is 1.39 bits per heavy atom. The molecule has 18 heavy (non-hydrogen) atoms. The maximum Gasteiger partial charge on any atom is 0.329 e. The number of halogens is 1. The molecule has 3 nitrogen and oxygen atoms in total. The predicted molar refractivity (Wildman–Crippen MR) is 73.9 cm³/mol. The summed E-state index contributed by atoms with van der Waals surface area (Å²) in [7, 11) is 0. The van der Waals surface area contributed by atoms with E-state index in [1.165, 1.54) is 11.5 Å². The van der Waals surface area contributed by atoms with Gasteiger partial charge in [-0.05, 0) is 23.7 Å². The molecule has 1 heterocycles. The third-order valence-electron chi connectivity index (χ3n) is 2.05. The predicted octanol–water partition coefficient (Wildman–Crippen LogP) is 3.65. The molecule has 0 aliphatic heterocycles. The van der Waals surface area contributed by atoms with Crippen molar-refractivity contribution in [3.8, 4) is 28.4 Å². The summed E-state index contributed by atoms with van der Waals surface area (Å²) in [5.74, 6) is 5.79. The van der Waals surface area contributed by atoms with Gasteiger partial charge in [0.15, 0.2) is 6.61 Å². The van der Waals surface area contributed by atoms with E-state index in [9.17, 15) is 0 Å². The monoisotopic (exact) mass is 278 g/mol. The van der Waals surface area contributed by atoms with E-state index in [1.807, 2.05) is 31.2 Å². The lowest BCUT2D eigenvalue weighted by Gasteiger charge is -1.95. The molecular formula is C13H11ClN2OS. The van der Waals surface area contributed by atoms with Crippen molar-refractivity contribution in [3.63, 3.8) is 0 Å². The summed E-state index contributed by atoms with van der Waals surface area (Å²) >= 11 is 7.21. The first-order valence-corrected chi connectivity index (χ1v) is 6.63. The fourth-order valence-electron chi connectivity index (χ4n) is 1.28. The van der Waals surface area contributed by atoms with Crippen LogP contribution >= 0.6 is 23.1 Å². The molecule has 0 amide bonds. The molecule has 92 valence electrons. The van der Waals surface area contributed by atoms with Crippen molar-refractivity contribution in [2.75, 3.05) is 6.61 Å². The summed E-state index contributed by atoms with van der Waals surface area (Å²) < 4.78 is 9.44. The highest BCUT2D eigenvalue weighted by Crippen LogP contribution is 2.25. The average Bonchev–Trinajstić information content (AvgIpc) is 2.83. The Labute approximate surface area is 115 Å². The van der Waals surface area contributed by atoms with Gasteiger partial charge in [-0.15, -0.1) is 10.3 Å². The third-order valence-corrected chi connectivity index (χ3v) is 3.04. The molecule has 0 aliphatic carbocycles. The van der Waals surface area contributed by atoms with Crippen LogP contribution in [0.3, 0.4) is 0 Å². The van der Waals surface area contributed by atoms with Crippen LogP contribution < -0.4 is 4.74 Å². The molecule has 0 fully saturated rings. The smallest absolute Gasteiger partial charge is 0.329 e. The summed E-state index contributed by atoms with van der Waals surface area (Å²) in [6.45, 7) is 2.31. The van der Waals surface area contributed by atoms with E-state index in [4.69, 9.17) is 16.3 Å². The Morgan fingerprint density at radius 2 is 2.28 bits per heavy atom. The zero-order valence-electron chi connectivity index (χ0n) is 9.81. The minimum Gasteiger partial charge on any atom is -0.450 e. The summed E-state index contributed by atoms with van der Waals surface area (Å²) in [5.41, 5.74) is 0.939. The van der Waals surface area contributed by atoms with Gasteiger partial charge in [-0.25, -0.2) is 0 Å². The number of rotatable bonds is 3. The largest absolute Gasteiger partial charge is 0.450 e. The molecule has 2 aromatic rings. The van der Waals surface area contributed by atoms with Crippen molar-refractivity contribution in [1.82, 2.24) is 9.36 Å². The van der Waals surface area contributed by atoms with Crippen LogP contribution in [-0.2, 0) is 0 Å². The van der Waals surface area contributed by atoms with Crippen molar-refractivity contribution in [2.45, 2.75) is 13.3 Å². The van der Waals surface area contributed by atoms with Crippen molar-refractivity contribution in [2.24, 2.45) is 0 Å². The van der Waals surface area contributed by atoms with Crippen LogP contribution in [0.4, 0.5) is 0 Å². The Balaban J connectivity index is 2.06. The Hall–Kier alpha value is -1.57. The van der Waals surface area contributed by atoms with E-state index in [0.29, 0.717) is 17.6 Å². The van der Waals surface area contributed by atoms with E-state index >= 15 is 0 Å². The SMILES string of the molecule is CCC#CCOc1nsc(-c2cccc(Cl)c2)n1. The first-order valence-electron chi connectivity index (χ1n) is 5.47. The highest BCUT2D eigenvalue weighted by atomic mass is 35.5. The van der Waals surface area contributed by atoms with Gasteiger partial charge in [0.05, 0.1) is 0 Å². The molecule has 0 aliphatic rings. The third kappa shape index (κ3) is 3.46. The number of hydrogen-bond donors (Lipinski definition) is 0. The van der Waals surface area contributed by atoms with Gasteiger partial charge < -0.3 is 4.74 Å². The first kappa shape index (κ1) is 12.9. The number of ether oxygens (including phenoxy) is 1. The summed E-state index contributed by atoms with van der Waals surface area (Å²) in [4.78, 5) is 4.28. The van der Waals surface area contributed by atoms with E-state index in [0.717, 1.165) is 17.0 Å². The van der Waals surface area contributed by atoms with Crippen molar-refractivity contribution >= 4 is 23.1 Å². The molecule has 1 aromatic heterocycles. The van der Waals surface area contributed by atoms with Gasteiger partial charge >= 0.3 is 6.01 Å². The Kier molecular flexibility index (Phi) is 4.57. The summed E-state index contributed by atoms with van der Waals surface area (Å²) in [5, 5.41) is 1.47. The standard InChI is InChI=1S/C13H11ClN2OS/c1-2-3-4-8-17-13-15-12(18-16-13)10-6-5-7-11(14)9-10/h5-7,9H,2,8H2,1H3. The average molecular weight is 279 g/mol. The van der Waals surface area contributed by atoms with Crippen molar-refractivity contribution in [3.05, 3.63) is 29.3 Å². The minimum atomic E-state index is 0.319.